The molecule has 0 aliphatic rings. The Morgan fingerprint density at radius 3 is 2.69 bits per heavy atom. The number of halogens is 1. The maximum Gasteiger partial charge on any atom is 0.244 e. The minimum atomic E-state index is -0.378. The molecule has 0 saturated heterocycles. The second-order valence-electron chi connectivity index (χ2n) is 6.29. The number of hydrogen-bond donors (Lipinski definition) is 1. The minimum Gasteiger partial charge on any atom is -0.497 e. The van der Waals surface area contributed by atoms with Crippen molar-refractivity contribution in [2.45, 2.75) is 13.5 Å². The summed E-state index contributed by atoms with van der Waals surface area (Å²) < 4.78 is 26.6. The second kappa shape index (κ2) is 9.05. The fourth-order valence-corrected chi connectivity index (χ4v) is 2.86. The van der Waals surface area contributed by atoms with Gasteiger partial charge in [0.1, 0.15) is 23.1 Å². The topological polar surface area (TPSA) is 65.4 Å². The molecule has 7 heteroatoms. The molecule has 29 heavy (non-hydrogen) atoms. The van der Waals surface area contributed by atoms with E-state index in [-0.39, 0.29) is 18.3 Å². The molecule has 2 aromatic carbocycles. The van der Waals surface area contributed by atoms with E-state index in [0.717, 1.165) is 5.56 Å². The predicted molar refractivity (Wildman–Crippen MR) is 109 cm³/mol. The summed E-state index contributed by atoms with van der Waals surface area (Å²) in [5, 5.41) is 2.75. The summed E-state index contributed by atoms with van der Waals surface area (Å²) in [4.78, 5) is 16.2. The zero-order valence-corrected chi connectivity index (χ0v) is 16.5. The number of aryl methyl sites for hydroxylation is 1. The van der Waals surface area contributed by atoms with Gasteiger partial charge in [0, 0.05) is 36.6 Å². The lowest BCUT2D eigenvalue weighted by Gasteiger charge is -2.09. The highest BCUT2D eigenvalue weighted by molar-refractivity contribution is 5.92. The molecule has 0 aliphatic heterocycles. The SMILES string of the molecule is COc1ccc(/C=C/C(=O)NCc2ccc(-n3ccnc3C)c(F)c2)c(OC)c1. The number of imidazole rings is 1. The normalized spacial score (nSPS) is 10.9. The summed E-state index contributed by atoms with van der Waals surface area (Å²) >= 11 is 0. The third kappa shape index (κ3) is 4.82. The van der Waals surface area contributed by atoms with Gasteiger partial charge < -0.3 is 19.4 Å². The largest absolute Gasteiger partial charge is 0.497 e. The first kappa shape index (κ1) is 20.1. The standard InChI is InChI=1S/C22H22FN3O3/c1-15-24-10-11-26(15)20-8-4-16(12-19(20)23)14-25-22(27)9-6-17-5-7-18(28-2)13-21(17)29-3/h4-13H,14H2,1-3H3,(H,25,27)/b9-6+. The monoisotopic (exact) mass is 395 g/mol. The first-order chi connectivity index (χ1) is 14.0. The van der Waals surface area contributed by atoms with Gasteiger partial charge in [-0.05, 0) is 42.8 Å². The molecule has 1 aromatic heterocycles. The van der Waals surface area contributed by atoms with Crippen molar-refractivity contribution < 1.29 is 18.7 Å². The molecular formula is C22H22FN3O3. The van der Waals surface area contributed by atoms with Crippen molar-refractivity contribution in [2.24, 2.45) is 0 Å². The molecule has 0 bridgehead atoms. The molecule has 0 saturated carbocycles. The molecular weight excluding hydrogens is 373 g/mol. The molecule has 0 atom stereocenters. The lowest BCUT2D eigenvalue weighted by atomic mass is 10.1. The highest BCUT2D eigenvalue weighted by Crippen LogP contribution is 2.25. The molecule has 1 N–H and O–H groups in total. The van der Waals surface area contributed by atoms with Gasteiger partial charge in [0.15, 0.2) is 0 Å². The van der Waals surface area contributed by atoms with Crippen molar-refractivity contribution in [3.63, 3.8) is 0 Å². The maximum absolute atomic E-state index is 14.4. The van der Waals surface area contributed by atoms with Crippen LogP contribution in [0.25, 0.3) is 11.8 Å². The van der Waals surface area contributed by atoms with Gasteiger partial charge in [-0.2, -0.15) is 0 Å². The van der Waals surface area contributed by atoms with Gasteiger partial charge in [0.2, 0.25) is 5.91 Å². The Hall–Kier alpha value is -3.61. The van der Waals surface area contributed by atoms with Gasteiger partial charge in [-0.1, -0.05) is 6.07 Å². The van der Waals surface area contributed by atoms with Crippen LogP contribution in [-0.2, 0) is 11.3 Å². The summed E-state index contributed by atoms with van der Waals surface area (Å²) in [6, 6.07) is 10.2. The Labute approximate surface area is 168 Å². The van der Waals surface area contributed by atoms with Gasteiger partial charge in [-0.25, -0.2) is 9.37 Å². The number of carbonyl (C=O) groups excluding carboxylic acids is 1. The number of aromatic nitrogens is 2. The van der Waals surface area contributed by atoms with Crippen LogP contribution in [0.2, 0.25) is 0 Å². The molecule has 150 valence electrons. The van der Waals surface area contributed by atoms with Crippen LogP contribution in [0, 0.1) is 12.7 Å². The first-order valence-electron chi connectivity index (χ1n) is 8.98. The number of ether oxygens (including phenoxy) is 2. The molecule has 3 rings (SSSR count). The van der Waals surface area contributed by atoms with Crippen LogP contribution in [0.1, 0.15) is 17.0 Å². The highest BCUT2D eigenvalue weighted by Gasteiger charge is 2.08. The van der Waals surface area contributed by atoms with E-state index in [9.17, 15) is 9.18 Å². The maximum atomic E-state index is 14.4. The third-order valence-electron chi connectivity index (χ3n) is 4.42. The summed E-state index contributed by atoms with van der Waals surface area (Å²) in [5.41, 5.74) is 1.82. The van der Waals surface area contributed by atoms with Crippen LogP contribution in [0.5, 0.6) is 11.5 Å². The number of hydrogen-bond acceptors (Lipinski definition) is 4. The quantitative estimate of drug-likeness (QED) is 0.620. The van der Waals surface area contributed by atoms with E-state index >= 15 is 0 Å². The Bertz CT molecular complexity index is 1040. The fraction of sp³-hybridized carbons (Fsp3) is 0.182. The van der Waals surface area contributed by atoms with Crippen molar-refractivity contribution in [1.82, 2.24) is 14.9 Å². The van der Waals surface area contributed by atoms with Gasteiger partial charge in [0.25, 0.3) is 0 Å². The van der Waals surface area contributed by atoms with Crippen molar-refractivity contribution in [3.8, 4) is 17.2 Å². The number of benzene rings is 2. The van der Waals surface area contributed by atoms with E-state index in [2.05, 4.69) is 10.3 Å². The fourth-order valence-electron chi connectivity index (χ4n) is 2.86. The number of amides is 1. The molecule has 1 amide bonds. The Morgan fingerprint density at radius 1 is 1.21 bits per heavy atom. The summed E-state index contributed by atoms with van der Waals surface area (Å²) in [6.45, 7) is 2.01. The summed E-state index contributed by atoms with van der Waals surface area (Å²) in [5.74, 6) is 1.29. The summed E-state index contributed by atoms with van der Waals surface area (Å²) in [6.07, 6.45) is 6.38. The second-order valence-corrected chi connectivity index (χ2v) is 6.29. The zero-order valence-electron chi connectivity index (χ0n) is 16.5. The van der Waals surface area contributed by atoms with E-state index in [1.165, 1.54) is 12.1 Å². The van der Waals surface area contributed by atoms with Gasteiger partial charge >= 0.3 is 0 Å². The number of carbonyl (C=O) groups is 1. The van der Waals surface area contributed by atoms with Gasteiger partial charge in [-0.15, -0.1) is 0 Å². The van der Waals surface area contributed by atoms with E-state index in [4.69, 9.17) is 9.47 Å². The Balaban J connectivity index is 1.63. The van der Waals surface area contributed by atoms with Crippen molar-refractivity contribution in [3.05, 3.63) is 77.6 Å². The van der Waals surface area contributed by atoms with E-state index in [1.54, 1.807) is 74.5 Å². The zero-order chi connectivity index (χ0) is 20.8. The molecule has 0 spiro atoms. The van der Waals surface area contributed by atoms with Crippen LogP contribution in [-0.4, -0.2) is 29.7 Å². The first-order valence-corrected chi connectivity index (χ1v) is 8.98. The van der Waals surface area contributed by atoms with Crippen LogP contribution in [0.15, 0.2) is 54.9 Å². The lowest BCUT2D eigenvalue weighted by molar-refractivity contribution is -0.116. The van der Waals surface area contributed by atoms with Gasteiger partial charge in [-0.3, -0.25) is 4.79 Å². The summed E-state index contributed by atoms with van der Waals surface area (Å²) in [7, 11) is 3.12. The molecule has 6 nitrogen and oxygen atoms in total. The van der Waals surface area contributed by atoms with Crippen molar-refractivity contribution in [2.75, 3.05) is 14.2 Å². The minimum absolute atomic E-state index is 0.211. The average molecular weight is 395 g/mol. The number of rotatable bonds is 7. The van der Waals surface area contributed by atoms with Crippen LogP contribution < -0.4 is 14.8 Å². The van der Waals surface area contributed by atoms with E-state index in [0.29, 0.717) is 28.6 Å². The van der Waals surface area contributed by atoms with Gasteiger partial charge in [0.05, 0.1) is 19.9 Å². The van der Waals surface area contributed by atoms with E-state index in [1.807, 2.05) is 0 Å². The average Bonchev–Trinajstić information content (AvgIpc) is 3.16. The predicted octanol–water partition coefficient (Wildman–Crippen LogP) is 3.67. The number of nitrogens with zero attached hydrogens (tertiary/aromatic N) is 2. The molecule has 0 radical (unpaired) electrons. The van der Waals surface area contributed by atoms with Crippen molar-refractivity contribution >= 4 is 12.0 Å². The van der Waals surface area contributed by atoms with Crippen LogP contribution >= 0.6 is 0 Å². The molecule has 3 aromatic rings. The Morgan fingerprint density at radius 2 is 2.03 bits per heavy atom. The van der Waals surface area contributed by atoms with Crippen LogP contribution in [0.3, 0.4) is 0 Å². The molecule has 0 aliphatic carbocycles. The number of nitrogens with one attached hydrogen (secondary N) is 1. The molecule has 1 heterocycles. The molecule has 0 fully saturated rings. The molecule has 0 unspecified atom stereocenters. The number of methoxy groups -OCH3 is 2. The van der Waals surface area contributed by atoms with Crippen molar-refractivity contribution in [1.29, 1.82) is 0 Å². The lowest BCUT2D eigenvalue weighted by Crippen LogP contribution is -2.20. The highest BCUT2D eigenvalue weighted by atomic mass is 19.1. The Kier molecular flexibility index (Phi) is 6.29. The van der Waals surface area contributed by atoms with E-state index < -0.39 is 0 Å². The van der Waals surface area contributed by atoms with Crippen LogP contribution in [0.4, 0.5) is 4.39 Å². The third-order valence-corrected chi connectivity index (χ3v) is 4.42. The smallest absolute Gasteiger partial charge is 0.244 e.